The highest BCUT2D eigenvalue weighted by atomic mass is 32.1. The highest BCUT2D eigenvalue weighted by Crippen LogP contribution is 2.48. The van der Waals surface area contributed by atoms with Gasteiger partial charge in [0.05, 0.1) is 27.6 Å². The van der Waals surface area contributed by atoms with Gasteiger partial charge in [-0.05, 0) is 43.1 Å². The van der Waals surface area contributed by atoms with Crippen LogP contribution in [0.15, 0.2) is 0 Å². The van der Waals surface area contributed by atoms with Crippen molar-refractivity contribution in [3.63, 3.8) is 0 Å². The number of carboxylic acid groups (broad SMARTS) is 1. The molecule has 2 aromatic rings. The molecule has 0 aromatic carbocycles. The first-order chi connectivity index (χ1) is 12.9. The largest absolute Gasteiger partial charge is 0.478 e. The van der Waals surface area contributed by atoms with Gasteiger partial charge in [0.2, 0.25) is 0 Å². The zero-order chi connectivity index (χ0) is 19.2. The summed E-state index contributed by atoms with van der Waals surface area (Å²) in [5, 5.41) is 11.0. The van der Waals surface area contributed by atoms with Gasteiger partial charge in [-0.3, -0.25) is 11.3 Å². The van der Waals surface area contributed by atoms with Gasteiger partial charge >= 0.3 is 5.97 Å². The van der Waals surface area contributed by atoms with Crippen LogP contribution < -0.4 is 16.2 Å². The number of anilines is 1. The second kappa shape index (κ2) is 7.16. The molecule has 0 saturated carbocycles. The fourth-order valence-electron chi connectivity index (χ4n) is 4.08. The summed E-state index contributed by atoms with van der Waals surface area (Å²) in [4.78, 5) is 22.4. The molecule has 4 rings (SSSR count). The van der Waals surface area contributed by atoms with Gasteiger partial charge in [-0.25, -0.2) is 9.78 Å². The van der Waals surface area contributed by atoms with Gasteiger partial charge in [0, 0.05) is 18.0 Å². The maximum atomic E-state index is 12.2. The molecule has 6 nitrogen and oxygen atoms in total. The van der Waals surface area contributed by atoms with Crippen LogP contribution in [0.2, 0.25) is 0 Å². The summed E-state index contributed by atoms with van der Waals surface area (Å²) >= 11 is 3.25. The number of hydrogen-bond donors (Lipinski definition) is 3. The Morgan fingerprint density at radius 2 is 2.04 bits per heavy atom. The predicted molar refractivity (Wildman–Crippen MR) is 111 cm³/mol. The molecule has 27 heavy (non-hydrogen) atoms. The summed E-state index contributed by atoms with van der Waals surface area (Å²) in [5.41, 5.74) is 5.21. The highest BCUT2D eigenvalue weighted by molar-refractivity contribution is 7.24. The monoisotopic (exact) mass is 406 g/mol. The Bertz CT molecular complexity index is 865. The van der Waals surface area contributed by atoms with E-state index in [0.29, 0.717) is 12.1 Å². The minimum absolute atomic E-state index is 0.144. The van der Waals surface area contributed by atoms with E-state index in [-0.39, 0.29) is 5.41 Å². The van der Waals surface area contributed by atoms with E-state index in [1.54, 1.807) is 22.7 Å². The van der Waals surface area contributed by atoms with Crippen molar-refractivity contribution in [2.45, 2.75) is 52.5 Å². The smallest absolute Gasteiger partial charge is 0.337 e. The number of hydrazine groups is 1. The van der Waals surface area contributed by atoms with Crippen LogP contribution in [0, 0.1) is 5.41 Å². The molecule has 1 fully saturated rings. The molecule has 0 unspecified atom stereocenters. The summed E-state index contributed by atoms with van der Waals surface area (Å²) in [6, 6.07) is 0. The molecule has 3 heterocycles. The van der Waals surface area contributed by atoms with Crippen LogP contribution in [0.3, 0.4) is 0 Å². The van der Waals surface area contributed by atoms with E-state index in [9.17, 15) is 9.90 Å². The lowest BCUT2D eigenvalue weighted by atomic mass is 9.76. The first-order valence-corrected chi connectivity index (χ1v) is 11.1. The molecule has 0 atom stereocenters. The molecule has 0 bridgehead atoms. The Kier molecular flexibility index (Phi) is 5.00. The third-order valence-electron chi connectivity index (χ3n) is 5.53. The van der Waals surface area contributed by atoms with E-state index in [1.807, 2.05) is 0 Å². The van der Waals surface area contributed by atoms with Crippen molar-refractivity contribution in [3.8, 4) is 9.75 Å². The number of nitrogens with two attached hydrogens (primary N) is 1. The van der Waals surface area contributed by atoms with Crippen molar-refractivity contribution >= 4 is 33.8 Å². The summed E-state index contributed by atoms with van der Waals surface area (Å²) in [5.74, 6) is 4.76. The zero-order valence-corrected chi connectivity index (χ0v) is 17.4. The molecule has 2 aliphatic rings. The molecule has 2 aromatic heterocycles. The number of rotatable bonds is 5. The normalized spacial score (nSPS) is 18.7. The van der Waals surface area contributed by atoms with Gasteiger partial charge in [-0.15, -0.1) is 11.3 Å². The van der Waals surface area contributed by atoms with Crippen molar-refractivity contribution in [2.24, 2.45) is 11.3 Å². The van der Waals surface area contributed by atoms with Crippen molar-refractivity contribution in [1.82, 2.24) is 10.4 Å². The van der Waals surface area contributed by atoms with E-state index in [4.69, 9.17) is 10.8 Å². The predicted octanol–water partition coefficient (Wildman–Crippen LogP) is 3.65. The number of carboxylic acids is 1. The number of fused-ring (bicyclic) bond motifs is 1. The van der Waals surface area contributed by atoms with Crippen LogP contribution in [0.1, 0.15) is 59.6 Å². The standard InChI is InChI=1S/C19H26N4O2S2/c1-19(2)6-5-13-11(9-19)14(17(24)25)16(26-13)15-12(10-21-20)22-18(27-15)23-7-3-4-8-23/h21H,3-10,20H2,1-2H3,(H,24,25). The highest BCUT2D eigenvalue weighted by Gasteiger charge is 2.34. The van der Waals surface area contributed by atoms with Crippen LogP contribution in [0.4, 0.5) is 5.13 Å². The number of carbonyl (C=O) groups is 1. The fourth-order valence-corrected chi connectivity index (χ4v) is 6.68. The molecular weight excluding hydrogens is 380 g/mol. The van der Waals surface area contributed by atoms with Crippen LogP contribution in [0.25, 0.3) is 9.75 Å². The number of aryl methyl sites for hydroxylation is 1. The summed E-state index contributed by atoms with van der Waals surface area (Å²) in [7, 11) is 0. The third kappa shape index (κ3) is 3.51. The van der Waals surface area contributed by atoms with Crippen LogP contribution in [-0.4, -0.2) is 29.1 Å². The summed E-state index contributed by atoms with van der Waals surface area (Å²) in [6.45, 7) is 6.92. The minimum atomic E-state index is -0.831. The van der Waals surface area contributed by atoms with Crippen LogP contribution >= 0.6 is 22.7 Å². The number of thiophene rings is 1. The molecule has 0 amide bonds. The lowest BCUT2D eigenvalue weighted by Gasteiger charge is -2.29. The van der Waals surface area contributed by atoms with Crippen LogP contribution in [0.5, 0.6) is 0 Å². The average molecular weight is 407 g/mol. The molecule has 0 radical (unpaired) electrons. The minimum Gasteiger partial charge on any atom is -0.478 e. The number of nitrogens with one attached hydrogen (secondary N) is 1. The van der Waals surface area contributed by atoms with E-state index >= 15 is 0 Å². The average Bonchev–Trinajstić information content (AvgIpc) is 3.31. The lowest BCUT2D eigenvalue weighted by Crippen LogP contribution is -2.22. The van der Waals surface area contributed by atoms with Gasteiger partial charge in [0.25, 0.3) is 0 Å². The van der Waals surface area contributed by atoms with E-state index in [0.717, 1.165) is 58.5 Å². The number of nitrogens with zero attached hydrogens (tertiary/aromatic N) is 2. The Labute approximate surface area is 167 Å². The molecule has 0 spiro atoms. The molecule has 1 aliphatic carbocycles. The Morgan fingerprint density at radius 1 is 1.30 bits per heavy atom. The molecular formula is C19H26N4O2S2. The third-order valence-corrected chi connectivity index (χ3v) is 8.14. The summed E-state index contributed by atoms with van der Waals surface area (Å²) in [6.07, 6.45) is 5.24. The maximum Gasteiger partial charge on any atom is 0.337 e. The maximum absolute atomic E-state index is 12.2. The van der Waals surface area contributed by atoms with Gasteiger partial charge in [0.1, 0.15) is 0 Å². The van der Waals surface area contributed by atoms with Gasteiger partial charge in [-0.1, -0.05) is 25.2 Å². The Hall–Kier alpha value is -1.48. The van der Waals surface area contributed by atoms with Crippen molar-refractivity contribution in [1.29, 1.82) is 0 Å². The van der Waals surface area contributed by atoms with Gasteiger partial charge < -0.3 is 10.0 Å². The van der Waals surface area contributed by atoms with Crippen molar-refractivity contribution in [2.75, 3.05) is 18.0 Å². The van der Waals surface area contributed by atoms with Crippen molar-refractivity contribution < 1.29 is 9.90 Å². The van der Waals surface area contributed by atoms with Gasteiger partial charge in [0.15, 0.2) is 5.13 Å². The zero-order valence-electron chi connectivity index (χ0n) is 15.8. The number of aromatic nitrogens is 1. The molecule has 1 saturated heterocycles. The number of aromatic carboxylic acids is 1. The SMILES string of the molecule is CC1(C)CCc2sc(-c3sc(N4CCCC4)nc3CNN)c(C(=O)O)c2C1. The molecule has 1 aliphatic heterocycles. The first kappa shape index (κ1) is 18.9. The van der Waals surface area contributed by atoms with Crippen LogP contribution in [-0.2, 0) is 19.4 Å². The number of hydrogen-bond acceptors (Lipinski definition) is 7. The van der Waals surface area contributed by atoms with Gasteiger partial charge in [-0.2, -0.15) is 0 Å². The van der Waals surface area contributed by atoms with E-state index in [2.05, 4.69) is 24.2 Å². The van der Waals surface area contributed by atoms with E-state index in [1.165, 1.54) is 17.7 Å². The topological polar surface area (TPSA) is 91.5 Å². The Morgan fingerprint density at radius 3 is 2.70 bits per heavy atom. The van der Waals surface area contributed by atoms with E-state index < -0.39 is 5.97 Å². The molecule has 8 heteroatoms. The molecule has 4 N–H and O–H groups in total. The fraction of sp³-hybridized carbons (Fsp3) is 0.579. The molecule has 146 valence electrons. The first-order valence-electron chi connectivity index (χ1n) is 9.46. The lowest BCUT2D eigenvalue weighted by molar-refractivity contribution is 0.0696. The quantitative estimate of drug-likeness (QED) is 0.519. The summed E-state index contributed by atoms with van der Waals surface area (Å²) < 4.78 is 0. The van der Waals surface area contributed by atoms with Crippen molar-refractivity contribution in [3.05, 3.63) is 21.7 Å². The second-order valence-electron chi connectivity index (χ2n) is 8.20. The second-order valence-corrected chi connectivity index (χ2v) is 10.3. The number of thiazole rings is 1. The Balaban J connectivity index is 1.83.